The van der Waals surface area contributed by atoms with E-state index in [2.05, 4.69) is 23.9 Å². The lowest BCUT2D eigenvalue weighted by Gasteiger charge is -2.23. The number of rotatable bonds is 14. The molecule has 1 aromatic heterocycles. The lowest BCUT2D eigenvalue weighted by atomic mass is 10.0. The van der Waals surface area contributed by atoms with Gasteiger partial charge in [0.15, 0.2) is 11.6 Å². The molecular formula is C27H40N2O7. The van der Waals surface area contributed by atoms with Gasteiger partial charge in [-0.15, -0.1) is 0 Å². The SMILES string of the molecule is COC(=O)/C=C/CC[C@H](NC(=O)OC(C)(C)C)C(=O)Cc1cccn(CC(=O)CCCC(C)C)c1=O. The quantitative estimate of drug-likeness (QED) is 0.302. The van der Waals surface area contributed by atoms with Crippen molar-refractivity contribution in [1.29, 1.82) is 0 Å². The van der Waals surface area contributed by atoms with Crippen LogP contribution in [0.4, 0.5) is 4.79 Å². The average molecular weight is 505 g/mol. The van der Waals surface area contributed by atoms with E-state index in [1.54, 1.807) is 39.0 Å². The van der Waals surface area contributed by atoms with Crippen LogP contribution in [-0.4, -0.2) is 46.9 Å². The number of Topliss-reactive ketones (excluding diaryl/α,β-unsaturated/α-hetero) is 2. The summed E-state index contributed by atoms with van der Waals surface area (Å²) < 4.78 is 11.1. The first-order valence-corrected chi connectivity index (χ1v) is 12.3. The number of nitrogens with zero attached hydrogens (tertiary/aromatic N) is 1. The average Bonchev–Trinajstić information content (AvgIpc) is 2.76. The van der Waals surface area contributed by atoms with E-state index in [0.717, 1.165) is 12.8 Å². The fourth-order valence-corrected chi connectivity index (χ4v) is 3.41. The molecule has 1 N–H and O–H groups in total. The van der Waals surface area contributed by atoms with E-state index in [1.165, 1.54) is 23.9 Å². The van der Waals surface area contributed by atoms with Gasteiger partial charge < -0.3 is 19.4 Å². The summed E-state index contributed by atoms with van der Waals surface area (Å²) in [5, 5.41) is 2.57. The number of aromatic nitrogens is 1. The van der Waals surface area contributed by atoms with Crippen LogP contribution in [0.5, 0.6) is 0 Å². The van der Waals surface area contributed by atoms with Crippen molar-refractivity contribution in [3.05, 3.63) is 46.4 Å². The highest BCUT2D eigenvalue weighted by Gasteiger charge is 2.25. The zero-order valence-corrected chi connectivity index (χ0v) is 22.3. The van der Waals surface area contributed by atoms with Crippen LogP contribution in [0.25, 0.3) is 0 Å². The Morgan fingerprint density at radius 2 is 1.83 bits per heavy atom. The van der Waals surface area contributed by atoms with E-state index < -0.39 is 29.3 Å². The molecule has 0 aliphatic heterocycles. The van der Waals surface area contributed by atoms with Gasteiger partial charge in [0, 0.05) is 30.7 Å². The summed E-state index contributed by atoms with van der Waals surface area (Å²) >= 11 is 0. The molecular weight excluding hydrogens is 464 g/mol. The maximum Gasteiger partial charge on any atom is 0.408 e. The van der Waals surface area contributed by atoms with Crippen LogP contribution >= 0.6 is 0 Å². The van der Waals surface area contributed by atoms with Gasteiger partial charge in [-0.05, 0) is 52.0 Å². The van der Waals surface area contributed by atoms with Crippen molar-refractivity contribution in [2.24, 2.45) is 5.92 Å². The largest absolute Gasteiger partial charge is 0.466 e. The van der Waals surface area contributed by atoms with Crippen molar-refractivity contribution in [2.75, 3.05) is 7.11 Å². The summed E-state index contributed by atoms with van der Waals surface area (Å²) in [7, 11) is 1.26. The van der Waals surface area contributed by atoms with Crippen molar-refractivity contribution in [3.8, 4) is 0 Å². The lowest BCUT2D eigenvalue weighted by Crippen LogP contribution is -2.44. The molecule has 1 heterocycles. The Morgan fingerprint density at radius 1 is 1.14 bits per heavy atom. The highest BCUT2D eigenvalue weighted by Crippen LogP contribution is 2.10. The monoisotopic (exact) mass is 504 g/mol. The van der Waals surface area contributed by atoms with Gasteiger partial charge in [0.25, 0.3) is 5.56 Å². The molecule has 0 fully saturated rings. The summed E-state index contributed by atoms with van der Waals surface area (Å²) in [4.78, 5) is 61.9. The number of hydrogen-bond donors (Lipinski definition) is 1. The number of amides is 1. The molecule has 1 rings (SSSR count). The molecule has 0 saturated carbocycles. The van der Waals surface area contributed by atoms with Gasteiger partial charge in [-0.1, -0.05) is 32.4 Å². The highest BCUT2D eigenvalue weighted by molar-refractivity contribution is 5.89. The van der Waals surface area contributed by atoms with Crippen LogP contribution in [-0.2, 0) is 36.8 Å². The second kappa shape index (κ2) is 15.0. The summed E-state index contributed by atoms with van der Waals surface area (Å²) in [5.74, 6) is -0.442. The number of alkyl carbamates (subject to hydrolysis) is 1. The van der Waals surface area contributed by atoms with Crippen molar-refractivity contribution in [3.63, 3.8) is 0 Å². The Bertz CT molecular complexity index is 987. The molecule has 0 spiro atoms. The minimum absolute atomic E-state index is 0.0388. The highest BCUT2D eigenvalue weighted by atomic mass is 16.6. The molecule has 36 heavy (non-hydrogen) atoms. The number of methoxy groups -OCH3 is 1. The van der Waals surface area contributed by atoms with Gasteiger partial charge in [-0.2, -0.15) is 0 Å². The van der Waals surface area contributed by atoms with Crippen LogP contribution in [0.1, 0.15) is 72.3 Å². The number of carbonyl (C=O) groups excluding carboxylic acids is 4. The molecule has 1 aromatic rings. The Kier molecular flexibility index (Phi) is 12.8. The van der Waals surface area contributed by atoms with Crippen LogP contribution < -0.4 is 10.9 Å². The van der Waals surface area contributed by atoms with Gasteiger partial charge in [0.2, 0.25) is 0 Å². The molecule has 1 amide bonds. The number of allylic oxidation sites excluding steroid dienone is 1. The Hall–Kier alpha value is -3.23. The molecule has 0 bridgehead atoms. The number of carbonyl (C=O) groups is 4. The predicted octanol–water partition coefficient (Wildman–Crippen LogP) is 3.76. The fraction of sp³-hybridized carbons (Fsp3) is 0.593. The zero-order chi connectivity index (χ0) is 27.3. The standard InChI is InChI=1S/C27H40N2O7/c1-19(2)11-9-13-21(30)18-29-16-10-12-20(25(29)33)17-23(31)22(14-7-8-15-24(32)35-6)28-26(34)36-27(3,4)5/h8,10,12,15-16,19,22H,7,9,11,13-14,17-18H2,1-6H3,(H,28,34)/b15-8+/t22-/m0/s1. The predicted molar refractivity (Wildman–Crippen MR) is 137 cm³/mol. The minimum Gasteiger partial charge on any atom is -0.466 e. The number of ketones is 2. The third-order valence-corrected chi connectivity index (χ3v) is 5.20. The van der Waals surface area contributed by atoms with E-state index in [1.807, 2.05) is 0 Å². The number of nitrogens with one attached hydrogen (secondary N) is 1. The lowest BCUT2D eigenvalue weighted by molar-refractivity contribution is -0.134. The first kappa shape index (κ1) is 30.8. The second-order valence-corrected chi connectivity index (χ2v) is 10.1. The molecule has 0 unspecified atom stereocenters. The number of pyridine rings is 1. The van der Waals surface area contributed by atoms with E-state index in [9.17, 15) is 24.0 Å². The van der Waals surface area contributed by atoms with Crippen molar-refractivity contribution in [1.82, 2.24) is 9.88 Å². The van der Waals surface area contributed by atoms with E-state index in [-0.39, 0.29) is 36.5 Å². The van der Waals surface area contributed by atoms with E-state index >= 15 is 0 Å². The molecule has 0 saturated heterocycles. The molecule has 200 valence electrons. The summed E-state index contributed by atoms with van der Waals surface area (Å²) in [6, 6.07) is 2.23. The Labute approximate surface area is 213 Å². The van der Waals surface area contributed by atoms with E-state index in [4.69, 9.17) is 4.74 Å². The van der Waals surface area contributed by atoms with Gasteiger partial charge in [-0.3, -0.25) is 14.4 Å². The molecule has 0 aromatic carbocycles. The summed E-state index contributed by atoms with van der Waals surface area (Å²) in [5.41, 5.74) is -0.930. The minimum atomic E-state index is -0.937. The molecule has 0 aliphatic carbocycles. The van der Waals surface area contributed by atoms with Crippen molar-refractivity contribution < 1.29 is 28.7 Å². The maximum atomic E-state index is 13.1. The third-order valence-electron chi connectivity index (χ3n) is 5.20. The van der Waals surface area contributed by atoms with Crippen LogP contribution in [0.2, 0.25) is 0 Å². The van der Waals surface area contributed by atoms with Gasteiger partial charge in [0.1, 0.15) is 5.60 Å². The van der Waals surface area contributed by atoms with Gasteiger partial charge in [0.05, 0.1) is 19.7 Å². The van der Waals surface area contributed by atoms with Crippen molar-refractivity contribution >= 4 is 23.6 Å². The maximum absolute atomic E-state index is 13.1. The number of ether oxygens (including phenoxy) is 2. The molecule has 9 nitrogen and oxygen atoms in total. The van der Waals surface area contributed by atoms with E-state index in [0.29, 0.717) is 18.8 Å². The van der Waals surface area contributed by atoms with Gasteiger partial charge >= 0.3 is 12.1 Å². The zero-order valence-electron chi connectivity index (χ0n) is 22.3. The fourth-order valence-electron chi connectivity index (χ4n) is 3.41. The van der Waals surface area contributed by atoms with Crippen molar-refractivity contribution in [2.45, 2.75) is 91.3 Å². The smallest absolute Gasteiger partial charge is 0.408 e. The van der Waals surface area contributed by atoms with Crippen LogP contribution in [0.3, 0.4) is 0 Å². The van der Waals surface area contributed by atoms with Crippen LogP contribution in [0, 0.1) is 5.92 Å². The molecule has 0 aliphatic rings. The summed E-state index contributed by atoms with van der Waals surface area (Å²) in [6.07, 6.45) is 5.96. The topological polar surface area (TPSA) is 121 Å². The number of esters is 1. The molecule has 0 radical (unpaired) electrons. The molecule has 1 atom stereocenters. The first-order valence-electron chi connectivity index (χ1n) is 12.3. The second-order valence-electron chi connectivity index (χ2n) is 10.1. The third kappa shape index (κ3) is 12.5. The Morgan fingerprint density at radius 3 is 2.44 bits per heavy atom. The molecule has 9 heteroatoms. The van der Waals surface area contributed by atoms with Crippen LogP contribution in [0.15, 0.2) is 35.3 Å². The first-order chi connectivity index (χ1) is 16.8. The Balaban J connectivity index is 2.94. The van der Waals surface area contributed by atoms with Gasteiger partial charge in [-0.25, -0.2) is 9.59 Å². The summed E-state index contributed by atoms with van der Waals surface area (Å²) in [6.45, 7) is 9.26. The number of hydrogen-bond acceptors (Lipinski definition) is 7. The normalized spacial score (nSPS) is 12.4.